The van der Waals surface area contributed by atoms with Crippen molar-refractivity contribution in [1.82, 2.24) is 14.9 Å². The highest BCUT2D eigenvalue weighted by atomic mass is 16.5. The smallest absolute Gasteiger partial charge is 0.254 e. The van der Waals surface area contributed by atoms with Crippen LogP contribution in [-0.4, -0.2) is 33.6 Å². The van der Waals surface area contributed by atoms with Gasteiger partial charge in [-0.25, -0.2) is 4.98 Å². The van der Waals surface area contributed by atoms with Gasteiger partial charge in [-0.3, -0.25) is 9.69 Å². The SMILES string of the molecule is COc1ccc(CN2CCc3c(nc(C(C)C)[nH]c3=O)C2)c(O)c1. The van der Waals surface area contributed by atoms with Gasteiger partial charge in [0.15, 0.2) is 0 Å². The van der Waals surface area contributed by atoms with Gasteiger partial charge in [0.25, 0.3) is 5.56 Å². The number of nitrogens with one attached hydrogen (secondary N) is 1. The van der Waals surface area contributed by atoms with Gasteiger partial charge >= 0.3 is 0 Å². The summed E-state index contributed by atoms with van der Waals surface area (Å²) in [5.74, 6) is 1.77. The highest BCUT2D eigenvalue weighted by Crippen LogP contribution is 2.26. The normalized spacial score (nSPS) is 14.7. The summed E-state index contributed by atoms with van der Waals surface area (Å²) >= 11 is 0. The fraction of sp³-hybridized carbons (Fsp3) is 0.444. The topological polar surface area (TPSA) is 78.5 Å². The summed E-state index contributed by atoms with van der Waals surface area (Å²) in [5, 5.41) is 10.1. The van der Waals surface area contributed by atoms with Crippen LogP contribution in [0.15, 0.2) is 23.0 Å². The molecule has 0 saturated carbocycles. The summed E-state index contributed by atoms with van der Waals surface area (Å²) < 4.78 is 5.11. The zero-order chi connectivity index (χ0) is 17.3. The molecule has 2 N–H and O–H groups in total. The standard InChI is InChI=1S/C18H23N3O3/c1-11(2)17-19-15-10-21(7-6-14(15)18(23)20-17)9-12-4-5-13(24-3)8-16(12)22/h4-5,8,11,22H,6-7,9-10H2,1-3H3,(H,19,20,23). The van der Waals surface area contributed by atoms with E-state index in [1.807, 2.05) is 26.0 Å². The molecule has 1 aromatic carbocycles. The van der Waals surface area contributed by atoms with E-state index in [9.17, 15) is 9.90 Å². The third-order valence-electron chi connectivity index (χ3n) is 4.40. The van der Waals surface area contributed by atoms with Crippen molar-refractivity contribution in [1.29, 1.82) is 0 Å². The van der Waals surface area contributed by atoms with E-state index in [4.69, 9.17) is 4.74 Å². The Morgan fingerprint density at radius 1 is 1.42 bits per heavy atom. The van der Waals surface area contributed by atoms with Crippen molar-refractivity contribution in [3.05, 3.63) is 51.2 Å². The largest absolute Gasteiger partial charge is 0.507 e. The van der Waals surface area contributed by atoms with E-state index >= 15 is 0 Å². The third kappa shape index (κ3) is 3.28. The average Bonchev–Trinajstić information content (AvgIpc) is 2.56. The van der Waals surface area contributed by atoms with Gasteiger partial charge in [0.2, 0.25) is 0 Å². The second-order valence-electron chi connectivity index (χ2n) is 6.49. The number of hydrogen-bond acceptors (Lipinski definition) is 5. The van der Waals surface area contributed by atoms with Crippen LogP contribution in [0.25, 0.3) is 0 Å². The molecule has 24 heavy (non-hydrogen) atoms. The molecule has 0 saturated heterocycles. The maximum absolute atomic E-state index is 12.2. The van der Waals surface area contributed by atoms with E-state index in [-0.39, 0.29) is 17.2 Å². The molecule has 0 bridgehead atoms. The molecular formula is C18H23N3O3. The summed E-state index contributed by atoms with van der Waals surface area (Å²) in [7, 11) is 1.57. The van der Waals surface area contributed by atoms with E-state index in [0.29, 0.717) is 25.3 Å². The lowest BCUT2D eigenvalue weighted by Gasteiger charge is -2.28. The Kier molecular flexibility index (Phi) is 4.57. The number of hydrogen-bond donors (Lipinski definition) is 2. The summed E-state index contributed by atoms with van der Waals surface area (Å²) in [5.41, 5.74) is 2.46. The molecule has 0 spiro atoms. The fourth-order valence-electron chi connectivity index (χ4n) is 2.97. The molecule has 6 heteroatoms. The second-order valence-corrected chi connectivity index (χ2v) is 6.49. The highest BCUT2D eigenvalue weighted by molar-refractivity contribution is 5.39. The number of nitrogens with zero attached hydrogens (tertiary/aromatic N) is 2. The van der Waals surface area contributed by atoms with E-state index in [1.54, 1.807) is 13.2 Å². The zero-order valence-corrected chi connectivity index (χ0v) is 14.3. The van der Waals surface area contributed by atoms with E-state index in [1.165, 1.54) is 0 Å². The van der Waals surface area contributed by atoms with Gasteiger partial charge in [0.1, 0.15) is 17.3 Å². The van der Waals surface area contributed by atoms with Crippen LogP contribution in [0, 0.1) is 0 Å². The quantitative estimate of drug-likeness (QED) is 0.899. The van der Waals surface area contributed by atoms with Crippen molar-refractivity contribution in [2.75, 3.05) is 13.7 Å². The van der Waals surface area contributed by atoms with Gasteiger partial charge in [-0.05, 0) is 12.5 Å². The van der Waals surface area contributed by atoms with Crippen LogP contribution < -0.4 is 10.3 Å². The van der Waals surface area contributed by atoms with Crippen LogP contribution >= 0.6 is 0 Å². The third-order valence-corrected chi connectivity index (χ3v) is 4.40. The van der Waals surface area contributed by atoms with Crippen LogP contribution in [0.3, 0.4) is 0 Å². The van der Waals surface area contributed by atoms with Crippen molar-refractivity contribution in [2.24, 2.45) is 0 Å². The van der Waals surface area contributed by atoms with E-state index in [2.05, 4.69) is 14.9 Å². The number of ether oxygens (including phenoxy) is 1. The minimum atomic E-state index is -0.0179. The number of aromatic amines is 1. The molecule has 0 radical (unpaired) electrons. The van der Waals surface area contributed by atoms with Gasteiger partial charge in [0, 0.05) is 42.7 Å². The molecule has 6 nitrogen and oxygen atoms in total. The number of H-pyrrole nitrogens is 1. The maximum Gasteiger partial charge on any atom is 0.254 e. The number of aromatic nitrogens is 2. The number of rotatable bonds is 4. The lowest BCUT2D eigenvalue weighted by Crippen LogP contribution is -2.35. The van der Waals surface area contributed by atoms with Crippen molar-refractivity contribution in [2.45, 2.75) is 39.3 Å². The van der Waals surface area contributed by atoms with Crippen molar-refractivity contribution in [3.63, 3.8) is 0 Å². The molecule has 0 atom stereocenters. The highest BCUT2D eigenvalue weighted by Gasteiger charge is 2.22. The fourth-order valence-corrected chi connectivity index (χ4v) is 2.97. The molecule has 128 valence electrons. The van der Waals surface area contributed by atoms with Crippen molar-refractivity contribution in [3.8, 4) is 11.5 Å². The molecule has 3 rings (SSSR count). The van der Waals surface area contributed by atoms with Crippen molar-refractivity contribution >= 4 is 0 Å². The lowest BCUT2D eigenvalue weighted by atomic mass is 10.0. The zero-order valence-electron chi connectivity index (χ0n) is 14.3. The maximum atomic E-state index is 12.2. The van der Waals surface area contributed by atoms with Crippen molar-refractivity contribution < 1.29 is 9.84 Å². The molecule has 2 aromatic rings. The van der Waals surface area contributed by atoms with E-state index in [0.717, 1.165) is 29.2 Å². The van der Waals surface area contributed by atoms with Gasteiger partial charge in [-0.2, -0.15) is 0 Å². The Hall–Kier alpha value is -2.34. The van der Waals surface area contributed by atoms with E-state index < -0.39 is 0 Å². The molecule has 1 aliphatic heterocycles. The number of phenols is 1. The van der Waals surface area contributed by atoms with Crippen LogP contribution in [0.2, 0.25) is 0 Å². The number of methoxy groups -OCH3 is 1. The number of benzene rings is 1. The Morgan fingerprint density at radius 3 is 2.88 bits per heavy atom. The first-order valence-corrected chi connectivity index (χ1v) is 8.18. The number of fused-ring (bicyclic) bond motifs is 1. The Bertz CT molecular complexity index is 799. The van der Waals surface area contributed by atoms with Gasteiger partial charge < -0.3 is 14.8 Å². The minimum Gasteiger partial charge on any atom is -0.507 e. The van der Waals surface area contributed by atoms with Crippen LogP contribution in [-0.2, 0) is 19.5 Å². The van der Waals surface area contributed by atoms with Gasteiger partial charge in [0.05, 0.1) is 12.8 Å². The first-order valence-electron chi connectivity index (χ1n) is 8.18. The predicted octanol–water partition coefficient (Wildman–Crippen LogP) is 2.17. The second kappa shape index (κ2) is 6.65. The Balaban J connectivity index is 1.81. The summed E-state index contributed by atoms with van der Waals surface area (Å²) in [4.78, 5) is 21.9. The first-order chi connectivity index (χ1) is 11.5. The lowest BCUT2D eigenvalue weighted by molar-refractivity contribution is 0.236. The predicted molar refractivity (Wildman–Crippen MR) is 91.4 cm³/mol. The number of aromatic hydroxyl groups is 1. The van der Waals surface area contributed by atoms with Gasteiger partial charge in [-0.15, -0.1) is 0 Å². The molecular weight excluding hydrogens is 306 g/mol. The van der Waals surface area contributed by atoms with Crippen LogP contribution in [0.1, 0.15) is 42.4 Å². The summed E-state index contributed by atoms with van der Waals surface area (Å²) in [6.45, 7) is 6.02. The van der Waals surface area contributed by atoms with Crippen LogP contribution in [0.4, 0.5) is 0 Å². The number of phenolic OH excluding ortho intramolecular Hbond substituents is 1. The first kappa shape index (κ1) is 16.5. The molecule has 1 aromatic heterocycles. The molecule has 0 fully saturated rings. The Labute approximate surface area is 141 Å². The summed E-state index contributed by atoms with van der Waals surface area (Å²) in [6.07, 6.45) is 0.674. The average molecular weight is 329 g/mol. The molecule has 0 aliphatic carbocycles. The minimum absolute atomic E-state index is 0.0179. The summed E-state index contributed by atoms with van der Waals surface area (Å²) in [6, 6.07) is 5.33. The van der Waals surface area contributed by atoms with Crippen LogP contribution in [0.5, 0.6) is 11.5 Å². The van der Waals surface area contributed by atoms with Gasteiger partial charge in [-0.1, -0.05) is 19.9 Å². The molecule has 0 unspecified atom stereocenters. The molecule has 1 aliphatic rings. The molecule has 2 heterocycles. The monoisotopic (exact) mass is 329 g/mol. The Morgan fingerprint density at radius 2 is 2.21 bits per heavy atom. The molecule has 0 amide bonds.